The Morgan fingerprint density at radius 2 is 1.94 bits per heavy atom. The topological polar surface area (TPSA) is 57.6 Å². The third-order valence-corrected chi connectivity index (χ3v) is 2.05. The number of nitrogens with zero attached hydrogens (tertiary/aromatic N) is 1. The molecule has 0 rings (SSSR count). The van der Waals surface area contributed by atoms with Crippen molar-refractivity contribution in [2.45, 2.75) is 34.1 Å². The molecule has 0 aliphatic carbocycles. The Kier molecular flexibility index (Phi) is 6.46. The summed E-state index contributed by atoms with van der Waals surface area (Å²) in [6, 6.07) is 0. The summed E-state index contributed by atoms with van der Waals surface area (Å²) in [7, 11) is 0. The van der Waals surface area contributed by atoms with Crippen LogP contribution >= 0.6 is 0 Å². The Morgan fingerprint density at radius 3 is 2.31 bits per heavy atom. The number of allylic oxidation sites excluding steroid dienone is 1. The van der Waals surface area contributed by atoms with E-state index in [1.54, 1.807) is 6.92 Å². The lowest BCUT2D eigenvalue weighted by Gasteiger charge is -2.23. The van der Waals surface area contributed by atoms with E-state index in [1.807, 2.05) is 26.8 Å². The van der Waals surface area contributed by atoms with Crippen LogP contribution in [0.1, 0.15) is 34.1 Å². The molecule has 92 valence electrons. The molecule has 0 atom stereocenters. The van der Waals surface area contributed by atoms with Gasteiger partial charge in [-0.2, -0.15) is 0 Å². The molecule has 4 heteroatoms. The van der Waals surface area contributed by atoms with Gasteiger partial charge in [0, 0.05) is 12.1 Å². The summed E-state index contributed by atoms with van der Waals surface area (Å²) >= 11 is 0. The highest BCUT2D eigenvalue weighted by Gasteiger charge is 2.18. The number of hydrogen-bond acceptors (Lipinski definition) is 2. The van der Waals surface area contributed by atoms with Crippen LogP contribution in [0.5, 0.6) is 0 Å². The Labute approximate surface area is 96.9 Å². The van der Waals surface area contributed by atoms with Crippen LogP contribution in [0.3, 0.4) is 0 Å². The summed E-state index contributed by atoms with van der Waals surface area (Å²) < 4.78 is 0. The molecule has 0 unspecified atom stereocenters. The average Bonchev–Trinajstić information content (AvgIpc) is 2.14. The highest BCUT2D eigenvalue weighted by molar-refractivity contribution is 5.94. The van der Waals surface area contributed by atoms with Gasteiger partial charge in [-0.1, -0.05) is 26.8 Å². The highest BCUT2D eigenvalue weighted by atomic mass is 16.4. The van der Waals surface area contributed by atoms with Crippen LogP contribution in [-0.4, -0.2) is 35.0 Å². The number of carboxylic acid groups (broad SMARTS) is 1. The second-order valence-electron chi connectivity index (χ2n) is 4.27. The zero-order valence-corrected chi connectivity index (χ0v) is 10.5. The van der Waals surface area contributed by atoms with E-state index in [1.165, 1.54) is 4.90 Å². The summed E-state index contributed by atoms with van der Waals surface area (Å²) in [6.07, 6.45) is 2.59. The monoisotopic (exact) mass is 227 g/mol. The molecule has 0 bridgehead atoms. The summed E-state index contributed by atoms with van der Waals surface area (Å²) in [6.45, 7) is 7.83. The predicted octanol–water partition coefficient (Wildman–Crippen LogP) is 1.91. The van der Waals surface area contributed by atoms with Crippen molar-refractivity contribution in [2.75, 3.05) is 13.1 Å². The molecule has 1 N–H and O–H groups in total. The van der Waals surface area contributed by atoms with Crippen molar-refractivity contribution in [3.8, 4) is 0 Å². The number of aliphatic carboxylic acids is 1. The van der Waals surface area contributed by atoms with E-state index in [0.29, 0.717) is 12.1 Å². The first-order valence-corrected chi connectivity index (χ1v) is 5.56. The van der Waals surface area contributed by atoms with E-state index in [-0.39, 0.29) is 18.4 Å². The van der Waals surface area contributed by atoms with Gasteiger partial charge in [-0.25, -0.2) is 0 Å². The number of hydrogen-bond donors (Lipinski definition) is 1. The van der Waals surface area contributed by atoms with Crippen molar-refractivity contribution in [1.29, 1.82) is 0 Å². The van der Waals surface area contributed by atoms with Crippen molar-refractivity contribution >= 4 is 11.9 Å². The minimum absolute atomic E-state index is 0.182. The van der Waals surface area contributed by atoms with Crippen molar-refractivity contribution in [3.05, 3.63) is 11.6 Å². The quantitative estimate of drug-likeness (QED) is 0.705. The molecule has 16 heavy (non-hydrogen) atoms. The molecule has 4 nitrogen and oxygen atoms in total. The first kappa shape index (κ1) is 14.7. The van der Waals surface area contributed by atoms with Crippen LogP contribution in [0, 0.1) is 5.92 Å². The molecule has 0 aromatic carbocycles. The molecule has 0 heterocycles. The van der Waals surface area contributed by atoms with Gasteiger partial charge in [0.1, 0.15) is 6.54 Å². The lowest BCUT2D eigenvalue weighted by atomic mass is 10.1. The van der Waals surface area contributed by atoms with Crippen LogP contribution in [0.15, 0.2) is 11.6 Å². The van der Waals surface area contributed by atoms with E-state index in [4.69, 9.17) is 5.11 Å². The zero-order valence-electron chi connectivity index (χ0n) is 10.5. The molecular weight excluding hydrogens is 206 g/mol. The van der Waals surface area contributed by atoms with Crippen LogP contribution in [0.2, 0.25) is 0 Å². The molecule has 0 aliphatic heterocycles. The van der Waals surface area contributed by atoms with E-state index in [9.17, 15) is 9.59 Å². The van der Waals surface area contributed by atoms with Crippen LogP contribution in [-0.2, 0) is 9.59 Å². The minimum Gasteiger partial charge on any atom is -0.480 e. The van der Waals surface area contributed by atoms with Crippen molar-refractivity contribution in [1.82, 2.24) is 4.90 Å². The number of carbonyl (C=O) groups excluding carboxylic acids is 1. The number of amides is 1. The summed E-state index contributed by atoms with van der Waals surface area (Å²) in [5.74, 6) is -0.894. The maximum absolute atomic E-state index is 11.9. The maximum Gasteiger partial charge on any atom is 0.323 e. The first-order valence-electron chi connectivity index (χ1n) is 5.56. The van der Waals surface area contributed by atoms with Gasteiger partial charge in [0.25, 0.3) is 0 Å². The summed E-state index contributed by atoms with van der Waals surface area (Å²) in [5, 5.41) is 8.74. The van der Waals surface area contributed by atoms with Crippen molar-refractivity contribution < 1.29 is 14.7 Å². The Balaban J connectivity index is 4.67. The minimum atomic E-state index is -0.974. The molecule has 0 aromatic heterocycles. The third kappa shape index (κ3) is 5.53. The Morgan fingerprint density at radius 1 is 1.38 bits per heavy atom. The van der Waals surface area contributed by atoms with Gasteiger partial charge in [-0.3, -0.25) is 9.59 Å². The van der Waals surface area contributed by atoms with Gasteiger partial charge < -0.3 is 10.0 Å². The van der Waals surface area contributed by atoms with E-state index in [2.05, 4.69) is 0 Å². The average molecular weight is 227 g/mol. The Bertz CT molecular complexity index is 282. The standard InChI is InChI=1S/C12H21NO3/c1-5-6-10(4)12(16)13(7-9(2)3)8-11(14)15/h6,9H,5,7-8H2,1-4H3,(H,14,15). The predicted molar refractivity (Wildman–Crippen MR) is 63.1 cm³/mol. The zero-order chi connectivity index (χ0) is 12.7. The number of carboxylic acids is 1. The molecule has 0 aromatic rings. The molecule has 0 fully saturated rings. The molecule has 0 aliphatic rings. The number of carbonyl (C=O) groups is 2. The maximum atomic E-state index is 11.9. The van der Waals surface area contributed by atoms with Gasteiger partial charge in [0.05, 0.1) is 0 Å². The SMILES string of the molecule is CCC=C(C)C(=O)N(CC(=O)O)CC(C)C. The second-order valence-corrected chi connectivity index (χ2v) is 4.27. The number of rotatable bonds is 6. The van der Waals surface area contributed by atoms with Crippen LogP contribution < -0.4 is 0 Å². The first-order chi connectivity index (χ1) is 7.38. The van der Waals surface area contributed by atoms with Gasteiger partial charge >= 0.3 is 5.97 Å². The fourth-order valence-corrected chi connectivity index (χ4v) is 1.47. The molecule has 0 saturated carbocycles. The summed E-state index contributed by atoms with van der Waals surface area (Å²) in [5.41, 5.74) is 0.615. The largest absolute Gasteiger partial charge is 0.480 e. The van der Waals surface area contributed by atoms with Gasteiger partial charge in [-0.05, 0) is 19.3 Å². The van der Waals surface area contributed by atoms with E-state index < -0.39 is 5.97 Å². The molecule has 0 radical (unpaired) electrons. The van der Waals surface area contributed by atoms with E-state index >= 15 is 0 Å². The van der Waals surface area contributed by atoms with Crippen LogP contribution in [0.25, 0.3) is 0 Å². The second kappa shape index (κ2) is 7.04. The lowest BCUT2D eigenvalue weighted by Crippen LogP contribution is -2.38. The van der Waals surface area contributed by atoms with Crippen molar-refractivity contribution in [3.63, 3.8) is 0 Å². The fraction of sp³-hybridized carbons (Fsp3) is 0.667. The van der Waals surface area contributed by atoms with Gasteiger partial charge in [0.15, 0.2) is 0 Å². The Hall–Kier alpha value is -1.32. The molecular formula is C12H21NO3. The van der Waals surface area contributed by atoms with Gasteiger partial charge in [-0.15, -0.1) is 0 Å². The fourth-order valence-electron chi connectivity index (χ4n) is 1.47. The molecule has 0 saturated heterocycles. The van der Waals surface area contributed by atoms with Crippen molar-refractivity contribution in [2.24, 2.45) is 5.92 Å². The smallest absolute Gasteiger partial charge is 0.323 e. The normalized spacial score (nSPS) is 11.7. The highest BCUT2D eigenvalue weighted by Crippen LogP contribution is 2.06. The van der Waals surface area contributed by atoms with E-state index in [0.717, 1.165) is 6.42 Å². The van der Waals surface area contributed by atoms with Gasteiger partial charge in [0.2, 0.25) is 5.91 Å². The third-order valence-electron chi connectivity index (χ3n) is 2.05. The molecule has 1 amide bonds. The van der Waals surface area contributed by atoms with Crippen LogP contribution in [0.4, 0.5) is 0 Å². The summed E-state index contributed by atoms with van der Waals surface area (Å²) in [4.78, 5) is 23.9. The molecule has 0 spiro atoms. The lowest BCUT2D eigenvalue weighted by molar-refractivity contribution is -0.143.